The molecule has 19 nitrogen and oxygen atoms in total. The average Bonchev–Trinajstić information content (AvgIpc) is 3.81. The number of imidazole rings is 1. The molecule has 1 atom stereocenters. The van der Waals surface area contributed by atoms with Gasteiger partial charge in [-0.1, -0.05) is 12.0 Å². The second-order valence-corrected chi connectivity index (χ2v) is 13.0. The number of amides is 3. The Labute approximate surface area is 307 Å². The number of aryl methyl sites for hydroxylation is 1. The molecule has 19 heteroatoms. The lowest BCUT2D eigenvalue weighted by Gasteiger charge is -2.23. The summed E-state index contributed by atoms with van der Waals surface area (Å²) in [6, 6.07) is 3.65. The van der Waals surface area contributed by atoms with E-state index in [9.17, 15) is 29.7 Å². The van der Waals surface area contributed by atoms with E-state index in [1.165, 1.54) is 6.07 Å². The number of nitrogens with two attached hydrogens (primary N) is 1. The van der Waals surface area contributed by atoms with Crippen LogP contribution in [0.5, 0.6) is 17.5 Å². The van der Waals surface area contributed by atoms with Crippen molar-refractivity contribution in [2.75, 3.05) is 25.4 Å². The Kier molecular flexibility index (Phi) is 10.9. The Morgan fingerprint density at radius 2 is 2.00 bits per heavy atom. The summed E-state index contributed by atoms with van der Waals surface area (Å²) in [5.74, 6) is 4.30. The van der Waals surface area contributed by atoms with Crippen molar-refractivity contribution in [3.8, 4) is 40.9 Å². The highest BCUT2D eigenvalue weighted by molar-refractivity contribution is 6.04. The molecule has 1 unspecified atom stereocenters. The Morgan fingerprint density at radius 1 is 1.20 bits per heavy atom. The third kappa shape index (κ3) is 7.84. The molecule has 0 spiro atoms. The molecule has 5 heterocycles. The number of ether oxygens (including phenoxy) is 1. The summed E-state index contributed by atoms with van der Waals surface area (Å²) in [5.41, 5.74) is 6.55. The number of rotatable bonds is 13. The number of hydrogen-bond acceptors (Lipinski definition) is 15. The van der Waals surface area contributed by atoms with Crippen molar-refractivity contribution in [3.63, 3.8) is 0 Å². The number of azo groups is 1. The van der Waals surface area contributed by atoms with Crippen molar-refractivity contribution in [2.45, 2.75) is 71.1 Å². The Bertz CT molecular complexity index is 2320. The van der Waals surface area contributed by atoms with Crippen LogP contribution in [0.2, 0.25) is 0 Å². The monoisotopic (exact) mass is 741 g/mol. The molecule has 1 saturated heterocycles. The Hall–Kier alpha value is -6.39. The number of carbonyl (C=O) groups excluding carboxylic acids is 3. The molecule has 7 N–H and O–H groups in total. The smallest absolute Gasteiger partial charge is 0.264 e. The second-order valence-electron chi connectivity index (χ2n) is 13.0. The van der Waals surface area contributed by atoms with E-state index in [1.807, 2.05) is 11.5 Å². The number of hydrogen-bond donors (Lipinski definition) is 6. The number of anilines is 1. The maximum Gasteiger partial charge on any atom is 0.264 e. The van der Waals surface area contributed by atoms with Crippen LogP contribution < -0.4 is 21.1 Å². The van der Waals surface area contributed by atoms with Crippen LogP contribution in [0.15, 0.2) is 39.3 Å². The number of nitrogens with one attached hydrogen (secondary N) is 2. The first-order valence-electron chi connectivity index (χ1n) is 17.3. The van der Waals surface area contributed by atoms with E-state index >= 15 is 0 Å². The molecule has 54 heavy (non-hydrogen) atoms. The minimum absolute atomic E-state index is 0.0548. The van der Waals surface area contributed by atoms with Gasteiger partial charge in [-0.15, -0.1) is 10.2 Å². The highest BCUT2D eigenvalue weighted by Gasteiger charge is 2.33. The Morgan fingerprint density at radius 3 is 2.72 bits per heavy atom. The maximum atomic E-state index is 12.5. The second kappa shape index (κ2) is 15.7. The average molecular weight is 742 g/mol. The first-order chi connectivity index (χ1) is 25.9. The standard InChI is InChI=1S/C35H39N11O8/c1-4-45-29-23(18-38-21(13-14-35(2,3)52)27(29)40-31(45)28-30(36)44-54-43-28)53-17-7-16-37-15-6-10-25(48)42-41-20-9-5-8-19-26(20)34(51)46(33(19)50)22-11-12-24(47)39-32(22)49/h5,8-9,18,22,37,50-52H,4,6-7,10-12,15-17H2,1-3H3,(H2,36,44)(H,39,47,49). The van der Waals surface area contributed by atoms with Crippen LogP contribution in [0.3, 0.4) is 0 Å². The van der Waals surface area contributed by atoms with Crippen molar-refractivity contribution in [3.05, 3.63) is 30.1 Å². The molecule has 0 saturated carbocycles. The number of fused-ring (bicyclic) bond motifs is 2. The number of aromatic nitrogens is 6. The van der Waals surface area contributed by atoms with Gasteiger partial charge in [0.05, 0.1) is 23.9 Å². The molecule has 4 aromatic heterocycles. The van der Waals surface area contributed by atoms with Crippen LogP contribution in [0.4, 0.5) is 11.5 Å². The predicted octanol–water partition coefficient (Wildman–Crippen LogP) is 3.00. The highest BCUT2D eigenvalue weighted by Crippen LogP contribution is 2.45. The summed E-state index contributed by atoms with van der Waals surface area (Å²) < 4.78 is 13.8. The van der Waals surface area contributed by atoms with E-state index in [0.29, 0.717) is 67.4 Å². The molecule has 6 rings (SSSR count). The summed E-state index contributed by atoms with van der Waals surface area (Å²) >= 11 is 0. The third-order valence-electron chi connectivity index (χ3n) is 8.52. The van der Waals surface area contributed by atoms with Gasteiger partial charge in [-0.25, -0.2) is 14.6 Å². The molecule has 3 amide bonds. The number of benzene rings is 1. The van der Waals surface area contributed by atoms with Gasteiger partial charge in [-0.2, -0.15) is 0 Å². The lowest BCUT2D eigenvalue weighted by atomic mass is 10.1. The van der Waals surface area contributed by atoms with Gasteiger partial charge in [0.25, 0.3) is 5.91 Å². The fourth-order valence-electron chi connectivity index (χ4n) is 6.01. The van der Waals surface area contributed by atoms with Crippen LogP contribution in [-0.4, -0.2) is 87.8 Å². The lowest BCUT2D eigenvalue weighted by molar-refractivity contribution is -0.136. The zero-order valence-electron chi connectivity index (χ0n) is 29.8. The number of carbonyl (C=O) groups is 3. The molecule has 5 aromatic rings. The topological polar surface area (TPSA) is 270 Å². The molecule has 1 aliphatic rings. The molecule has 1 fully saturated rings. The summed E-state index contributed by atoms with van der Waals surface area (Å²) in [6.45, 7) is 7.01. The zero-order chi connectivity index (χ0) is 38.6. The van der Waals surface area contributed by atoms with E-state index in [0.717, 1.165) is 4.57 Å². The van der Waals surface area contributed by atoms with E-state index in [-0.39, 0.29) is 53.1 Å². The van der Waals surface area contributed by atoms with Gasteiger partial charge in [-0.05, 0) is 81.5 Å². The normalized spacial score (nSPS) is 14.9. The largest absolute Gasteiger partial charge is 0.494 e. The first-order valence-corrected chi connectivity index (χ1v) is 17.3. The summed E-state index contributed by atoms with van der Waals surface area (Å²) in [4.78, 5) is 45.7. The number of aliphatic hydroxyl groups is 1. The number of pyridine rings is 1. The van der Waals surface area contributed by atoms with Crippen molar-refractivity contribution in [2.24, 2.45) is 10.2 Å². The predicted molar refractivity (Wildman–Crippen MR) is 193 cm³/mol. The van der Waals surface area contributed by atoms with E-state index < -0.39 is 35.2 Å². The van der Waals surface area contributed by atoms with Crippen molar-refractivity contribution >= 4 is 51.0 Å². The Balaban J connectivity index is 1.02. The van der Waals surface area contributed by atoms with Gasteiger partial charge in [0.2, 0.25) is 23.6 Å². The van der Waals surface area contributed by atoms with E-state index in [1.54, 1.807) is 32.2 Å². The van der Waals surface area contributed by atoms with Gasteiger partial charge in [0.1, 0.15) is 28.4 Å². The fourth-order valence-corrected chi connectivity index (χ4v) is 6.01. The number of piperidine rings is 1. The quantitative estimate of drug-likeness (QED) is 0.0438. The van der Waals surface area contributed by atoms with E-state index in [2.05, 4.69) is 48.0 Å². The molecular weight excluding hydrogens is 702 g/mol. The van der Waals surface area contributed by atoms with Crippen LogP contribution >= 0.6 is 0 Å². The third-order valence-corrected chi connectivity index (χ3v) is 8.52. The zero-order valence-corrected chi connectivity index (χ0v) is 29.8. The number of aromatic hydroxyl groups is 2. The van der Waals surface area contributed by atoms with Crippen molar-refractivity contribution in [1.82, 2.24) is 40.0 Å². The highest BCUT2D eigenvalue weighted by atomic mass is 16.6. The molecule has 1 aliphatic heterocycles. The first kappa shape index (κ1) is 37.4. The maximum absolute atomic E-state index is 12.5. The molecular formula is C35H39N11O8. The van der Waals surface area contributed by atoms with Gasteiger partial charge in [-0.3, -0.25) is 24.3 Å². The molecule has 282 valence electrons. The van der Waals surface area contributed by atoms with Crippen molar-refractivity contribution in [1.29, 1.82) is 0 Å². The molecule has 1 aromatic carbocycles. The van der Waals surface area contributed by atoms with Crippen LogP contribution in [0.1, 0.15) is 64.6 Å². The summed E-state index contributed by atoms with van der Waals surface area (Å²) in [6.07, 6.45) is 2.94. The van der Waals surface area contributed by atoms with Gasteiger partial charge in [0.15, 0.2) is 23.1 Å². The van der Waals surface area contributed by atoms with Gasteiger partial charge >= 0.3 is 0 Å². The van der Waals surface area contributed by atoms with Crippen LogP contribution in [-0.2, 0) is 20.9 Å². The minimum atomic E-state index is -1.24. The molecule has 0 radical (unpaired) electrons. The number of imide groups is 1. The molecule has 0 aliphatic carbocycles. The van der Waals surface area contributed by atoms with E-state index in [4.69, 9.17) is 20.1 Å². The summed E-state index contributed by atoms with van der Waals surface area (Å²) in [7, 11) is 0. The minimum Gasteiger partial charge on any atom is -0.494 e. The summed E-state index contributed by atoms with van der Waals surface area (Å²) in [5, 5.41) is 53.1. The van der Waals surface area contributed by atoms with Gasteiger partial charge < -0.3 is 35.7 Å². The van der Waals surface area contributed by atoms with Gasteiger partial charge in [0, 0.05) is 24.8 Å². The lowest BCUT2D eigenvalue weighted by Crippen LogP contribution is -2.41. The number of nitrogens with zero attached hydrogens (tertiary/aromatic N) is 8. The fraction of sp³-hybridized carbons (Fsp3) is 0.400. The molecule has 0 bridgehead atoms. The SMILES string of the molecule is CCn1c(-c2nonc2N)nc2c(C#CC(C)(C)O)ncc(OCCCNCCCC(=O)N=Nc3cccc4c(O)n(C5CCC(=O)NC5=O)c(O)c34)c21. The van der Waals surface area contributed by atoms with Crippen LogP contribution in [0.25, 0.3) is 33.3 Å². The number of nitrogen functional groups attached to an aromatic ring is 1. The van der Waals surface area contributed by atoms with Crippen LogP contribution in [0, 0.1) is 11.8 Å². The van der Waals surface area contributed by atoms with Crippen molar-refractivity contribution < 1.29 is 39.1 Å².